The van der Waals surface area contributed by atoms with Crippen LogP contribution in [0.3, 0.4) is 0 Å². The number of aliphatic hydroxyl groups is 1. The predicted octanol–water partition coefficient (Wildman–Crippen LogP) is 2.46. The standard InChI is InChI=1S/C20H25N5O4S/c1-13(2)25-30(27,28)16-9-7-15(8-10-16)23-20-22-12-14(11-21)19(24-20)29-18-6-4-3-5-17(18)26/h7-10,12-13,17-18,25-26H,3-6H2,1-2H3,(H,22,23,24)/t17-,18+/m1/s1. The monoisotopic (exact) mass is 431 g/mol. The van der Waals surface area contributed by atoms with Crippen molar-refractivity contribution in [1.82, 2.24) is 14.7 Å². The number of nitrogens with zero attached hydrogens (tertiary/aromatic N) is 3. The quantitative estimate of drug-likeness (QED) is 0.608. The van der Waals surface area contributed by atoms with Crippen molar-refractivity contribution >= 4 is 21.7 Å². The lowest BCUT2D eigenvalue weighted by molar-refractivity contribution is 0.00436. The molecule has 0 saturated heterocycles. The summed E-state index contributed by atoms with van der Waals surface area (Å²) in [5.74, 6) is 0.312. The number of nitriles is 1. The molecule has 9 nitrogen and oxygen atoms in total. The van der Waals surface area contributed by atoms with Gasteiger partial charge in [-0.25, -0.2) is 18.1 Å². The molecule has 1 heterocycles. The first kappa shape index (κ1) is 22.0. The molecule has 1 saturated carbocycles. The Morgan fingerprint density at radius 3 is 2.57 bits per heavy atom. The van der Waals surface area contributed by atoms with Gasteiger partial charge in [-0.3, -0.25) is 0 Å². The summed E-state index contributed by atoms with van der Waals surface area (Å²) in [6, 6.07) is 7.95. The van der Waals surface area contributed by atoms with Crippen LogP contribution in [0.15, 0.2) is 35.4 Å². The van der Waals surface area contributed by atoms with Crippen LogP contribution in [-0.4, -0.2) is 41.7 Å². The van der Waals surface area contributed by atoms with Crippen LogP contribution in [-0.2, 0) is 10.0 Å². The molecule has 1 aliphatic carbocycles. The Labute approximate surface area is 176 Å². The summed E-state index contributed by atoms with van der Waals surface area (Å²) in [5.41, 5.74) is 0.756. The highest BCUT2D eigenvalue weighted by Crippen LogP contribution is 2.26. The molecule has 1 aliphatic rings. The van der Waals surface area contributed by atoms with E-state index in [2.05, 4.69) is 20.0 Å². The van der Waals surface area contributed by atoms with E-state index >= 15 is 0 Å². The third-order valence-corrected chi connectivity index (χ3v) is 6.29. The van der Waals surface area contributed by atoms with Crippen molar-refractivity contribution in [2.75, 3.05) is 5.32 Å². The molecule has 3 N–H and O–H groups in total. The van der Waals surface area contributed by atoms with Gasteiger partial charge < -0.3 is 15.2 Å². The lowest BCUT2D eigenvalue weighted by atomic mass is 9.95. The van der Waals surface area contributed by atoms with Crippen LogP contribution in [0, 0.1) is 11.3 Å². The molecule has 1 aromatic heterocycles. The molecule has 2 aromatic rings. The summed E-state index contributed by atoms with van der Waals surface area (Å²) in [5, 5.41) is 22.4. The van der Waals surface area contributed by atoms with Crippen molar-refractivity contribution in [3.8, 4) is 11.9 Å². The maximum absolute atomic E-state index is 12.2. The largest absolute Gasteiger partial charge is 0.471 e. The van der Waals surface area contributed by atoms with Gasteiger partial charge in [-0.05, 0) is 57.4 Å². The molecule has 0 spiro atoms. The van der Waals surface area contributed by atoms with Gasteiger partial charge in [0, 0.05) is 11.7 Å². The summed E-state index contributed by atoms with van der Waals surface area (Å²) in [4.78, 5) is 8.53. The molecular weight excluding hydrogens is 406 g/mol. The zero-order valence-corrected chi connectivity index (χ0v) is 17.7. The summed E-state index contributed by atoms with van der Waals surface area (Å²) >= 11 is 0. The van der Waals surface area contributed by atoms with Crippen LogP contribution < -0.4 is 14.8 Å². The SMILES string of the molecule is CC(C)NS(=O)(=O)c1ccc(Nc2ncc(C#N)c(O[C@H]3CCCC[C@H]3O)n2)cc1. The number of aliphatic hydroxyl groups excluding tert-OH is 1. The highest BCUT2D eigenvalue weighted by Gasteiger charge is 2.26. The summed E-state index contributed by atoms with van der Waals surface area (Å²) < 4.78 is 32.8. The molecule has 10 heteroatoms. The molecule has 0 bridgehead atoms. The van der Waals surface area contributed by atoms with Gasteiger partial charge in [-0.15, -0.1) is 0 Å². The van der Waals surface area contributed by atoms with Gasteiger partial charge in [0.2, 0.25) is 21.9 Å². The van der Waals surface area contributed by atoms with Gasteiger partial charge in [0.1, 0.15) is 17.7 Å². The summed E-state index contributed by atoms with van der Waals surface area (Å²) in [6.07, 6.45) is 3.59. The fraction of sp³-hybridized carbons (Fsp3) is 0.450. The van der Waals surface area contributed by atoms with E-state index in [9.17, 15) is 18.8 Å². The molecule has 3 rings (SSSR count). The van der Waals surface area contributed by atoms with E-state index in [-0.39, 0.29) is 28.3 Å². The number of hydrogen-bond acceptors (Lipinski definition) is 8. The van der Waals surface area contributed by atoms with E-state index < -0.39 is 22.2 Å². The number of anilines is 2. The maximum atomic E-state index is 12.2. The third-order valence-electron chi connectivity index (χ3n) is 4.62. The second-order valence-electron chi connectivity index (χ2n) is 7.46. The fourth-order valence-electron chi connectivity index (χ4n) is 3.18. The van der Waals surface area contributed by atoms with Crippen molar-refractivity contribution in [3.05, 3.63) is 36.0 Å². The first-order chi connectivity index (χ1) is 14.3. The average Bonchev–Trinajstić information content (AvgIpc) is 2.69. The van der Waals surface area contributed by atoms with Gasteiger partial charge >= 0.3 is 0 Å². The summed E-state index contributed by atoms with van der Waals surface area (Å²) in [6.45, 7) is 3.50. The highest BCUT2D eigenvalue weighted by molar-refractivity contribution is 7.89. The molecule has 0 radical (unpaired) electrons. The Balaban J connectivity index is 1.76. The van der Waals surface area contributed by atoms with Gasteiger partial charge in [-0.2, -0.15) is 10.2 Å². The molecule has 1 fully saturated rings. The van der Waals surface area contributed by atoms with Gasteiger partial charge in [0.05, 0.1) is 17.2 Å². The van der Waals surface area contributed by atoms with Crippen LogP contribution in [0.5, 0.6) is 5.88 Å². The lowest BCUT2D eigenvalue weighted by Crippen LogP contribution is -2.35. The first-order valence-electron chi connectivity index (χ1n) is 9.80. The average molecular weight is 432 g/mol. The minimum Gasteiger partial charge on any atom is -0.471 e. The van der Waals surface area contributed by atoms with E-state index in [4.69, 9.17) is 4.74 Å². The smallest absolute Gasteiger partial charge is 0.240 e. The Morgan fingerprint density at radius 1 is 1.23 bits per heavy atom. The zero-order chi connectivity index (χ0) is 21.7. The number of hydrogen-bond donors (Lipinski definition) is 3. The number of aromatic nitrogens is 2. The second kappa shape index (κ2) is 9.38. The number of rotatable bonds is 7. The van der Waals surface area contributed by atoms with E-state index in [1.807, 2.05) is 6.07 Å². The van der Waals surface area contributed by atoms with Crippen molar-refractivity contribution < 1.29 is 18.3 Å². The molecule has 0 amide bonds. The molecule has 30 heavy (non-hydrogen) atoms. The second-order valence-corrected chi connectivity index (χ2v) is 9.17. The van der Waals surface area contributed by atoms with Crippen LogP contribution in [0.2, 0.25) is 0 Å². The van der Waals surface area contributed by atoms with Gasteiger partial charge in [0.25, 0.3) is 0 Å². The molecule has 0 unspecified atom stereocenters. The van der Waals surface area contributed by atoms with Gasteiger partial charge in [-0.1, -0.05) is 6.42 Å². The Bertz CT molecular complexity index is 1020. The van der Waals surface area contributed by atoms with Crippen molar-refractivity contribution in [2.45, 2.75) is 62.7 Å². The van der Waals surface area contributed by atoms with Crippen molar-refractivity contribution in [3.63, 3.8) is 0 Å². The first-order valence-corrected chi connectivity index (χ1v) is 11.3. The van der Waals surface area contributed by atoms with Crippen LogP contribution in [0.25, 0.3) is 0 Å². The summed E-state index contributed by atoms with van der Waals surface area (Å²) in [7, 11) is -3.58. The van der Waals surface area contributed by atoms with Crippen molar-refractivity contribution in [2.24, 2.45) is 0 Å². The molecule has 1 aromatic carbocycles. The minimum absolute atomic E-state index is 0.112. The number of sulfonamides is 1. The third kappa shape index (κ3) is 5.44. The highest BCUT2D eigenvalue weighted by atomic mass is 32.2. The minimum atomic E-state index is -3.58. The van der Waals surface area contributed by atoms with Gasteiger partial charge in [0.15, 0.2) is 0 Å². The molecular formula is C20H25N5O4S. The fourth-order valence-corrected chi connectivity index (χ4v) is 4.43. The van der Waals surface area contributed by atoms with E-state index in [1.165, 1.54) is 18.3 Å². The number of nitrogens with one attached hydrogen (secondary N) is 2. The van der Waals surface area contributed by atoms with E-state index in [1.54, 1.807) is 26.0 Å². The Morgan fingerprint density at radius 2 is 1.93 bits per heavy atom. The predicted molar refractivity (Wildman–Crippen MR) is 111 cm³/mol. The topological polar surface area (TPSA) is 137 Å². The van der Waals surface area contributed by atoms with E-state index in [0.717, 1.165) is 12.8 Å². The Hall–Kier alpha value is -2.74. The maximum Gasteiger partial charge on any atom is 0.240 e. The lowest BCUT2D eigenvalue weighted by Gasteiger charge is -2.27. The number of ether oxygens (including phenoxy) is 1. The van der Waals surface area contributed by atoms with Crippen LogP contribution in [0.4, 0.5) is 11.6 Å². The molecule has 0 aliphatic heterocycles. The van der Waals surface area contributed by atoms with Crippen molar-refractivity contribution in [1.29, 1.82) is 5.26 Å². The normalized spacial score (nSPS) is 19.3. The Kier molecular flexibility index (Phi) is 6.87. The molecule has 2 atom stereocenters. The van der Waals surface area contributed by atoms with E-state index in [0.29, 0.717) is 18.5 Å². The molecule has 160 valence electrons. The number of benzene rings is 1. The van der Waals surface area contributed by atoms with Crippen LogP contribution >= 0.6 is 0 Å². The zero-order valence-electron chi connectivity index (χ0n) is 16.9. The van der Waals surface area contributed by atoms with Crippen LogP contribution in [0.1, 0.15) is 45.1 Å².